The molecule has 23 heavy (non-hydrogen) atoms. The summed E-state index contributed by atoms with van der Waals surface area (Å²) in [5, 5.41) is 5.31. The average Bonchev–Trinajstić information content (AvgIpc) is 2.55. The highest BCUT2D eigenvalue weighted by Crippen LogP contribution is 2.36. The van der Waals surface area contributed by atoms with Gasteiger partial charge in [-0.2, -0.15) is 0 Å². The molecular formula is C17H16N2O2S2. The summed E-state index contributed by atoms with van der Waals surface area (Å²) >= 11 is 3.05. The van der Waals surface area contributed by atoms with Crippen LogP contribution in [-0.2, 0) is 9.59 Å². The van der Waals surface area contributed by atoms with Crippen LogP contribution in [0.5, 0.6) is 0 Å². The predicted octanol–water partition coefficient (Wildman–Crippen LogP) is 3.85. The lowest BCUT2D eigenvalue weighted by Gasteiger charge is -2.23. The van der Waals surface area contributed by atoms with Crippen molar-refractivity contribution in [2.24, 2.45) is 0 Å². The molecule has 2 amide bonds. The van der Waals surface area contributed by atoms with E-state index in [0.29, 0.717) is 0 Å². The number of rotatable bonds is 4. The number of anilines is 2. The van der Waals surface area contributed by atoms with E-state index in [9.17, 15) is 9.59 Å². The van der Waals surface area contributed by atoms with Gasteiger partial charge in [0, 0.05) is 21.9 Å². The van der Waals surface area contributed by atoms with Crippen LogP contribution in [-0.4, -0.2) is 23.3 Å². The first-order chi connectivity index (χ1) is 11.2. The number of hydrogen-bond donors (Lipinski definition) is 2. The number of hydrogen-bond acceptors (Lipinski definition) is 4. The summed E-state index contributed by atoms with van der Waals surface area (Å²) in [5.74, 6) is -0.281. The van der Waals surface area contributed by atoms with Gasteiger partial charge in [0.25, 0.3) is 0 Å². The zero-order valence-electron chi connectivity index (χ0n) is 12.5. The van der Waals surface area contributed by atoms with Gasteiger partial charge in [0.05, 0.1) is 10.9 Å². The highest BCUT2D eigenvalue weighted by atomic mass is 32.2. The van der Waals surface area contributed by atoms with Crippen LogP contribution in [0, 0.1) is 0 Å². The van der Waals surface area contributed by atoms with Crippen LogP contribution < -0.4 is 10.6 Å². The maximum absolute atomic E-state index is 12.2. The Labute approximate surface area is 143 Å². The van der Waals surface area contributed by atoms with Gasteiger partial charge < -0.3 is 10.6 Å². The van der Waals surface area contributed by atoms with Crippen molar-refractivity contribution in [3.63, 3.8) is 0 Å². The molecule has 2 N–H and O–H groups in total. The fourth-order valence-corrected chi connectivity index (χ4v) is 3.88. The molecule has 4 nitrogen and oxygen atoms in total. The van der Waals surface area contributed by atoms with Gasteiger partial charge in [-0.25, -0.2) is 0 Å². The van der Waals surface area contributed by atoms with Crippen LogP contribution in [0.15, 0.2) is 58.3 Å². The lowest BCUT2D eigenvalue weighted by molar-refractivity contribution is -0.120. The monoisotopic (exact) mass is 344 g/mol. The highest BCUT2D eigenvalue weighted by Gasteiger charge is 2.28. The van der Waals surface area contributed by atoms with Gasteiger partial charge >= 0.3 is 0 Å². The number of para-hydroxylation sites is 1. The summed E-state index contributed by atoms with van der Waals surface area (Å²) in [6, 6.07) is 15.3. The van der Waals surface area contributed by atoms with Crippen molar-refractivity contribution >= 4 is 46.7 Å². The van der Waals surface area contributed by atoms with Crippen molar-refractivity contribution in [3.8, 4) is 0 Å². The topological polar surface area (TPSA) is 58.2 Å². The number of carbonyl (C=O) groups is 2. The smallest absolute Gasteiger partial charge is 0.238 e. The van der Waals surface area contributed by atoms with E-state index >= 15 is 0 Å². The molecule has 1 atom stereocenters. The van der Waals surface area contributed by atoms with Crippen molar-refractivity contribution in [1.29, 1.82) is 0 Å². The summed E-state index contributed by atoms with van der Waals surface area (Å²) in [7, 11) is 0. The second-order valence-corrected chi connectivity index (χ2v) is 7.20. The number of fused-ring (bicyclic) bond motifs is 1. The minimum atomic E-state index is -0.409. The van der Waals surface area contributed by atoms with Gasteiger partial charge in [-0.1, -0.05) is 18.2 Å². The zero-order chi connectivity index (χ0) is 16.2. The van der Waals surface area contributed by atoms with Crippen molar-refractivity contribution in [2.75, 3.05) is 16.9 Å². The normalized spacial score (nSPS) is 16.4. The molecule has 1 heterocycles. The maximum atomic E-state index is 12.2. The van der Waals surface area contributed by atoms with Crippen molar-refractivity contribution in [3.05, 3.63) is 48.5 Å². The number of amides is 2. The van der Waals surface area contributed by atoms with Crippen LogP contribution >= 0.6 is 23.5 Å². The van der Waals surface area contributed by atoms with E-state index in [-0.39, 0.29) is 18.2 Å². The molecule has 0 radical (unpaired) electrons. The lowest BCUT2D eigenvalue weighted by Crippen LogP contribution is -2.32. The molecule has 0 saturated carbocycles. The first-order valence-corrected chi connectivity index (χ1v) is 9.26. The predicted molar refractivity (Wildman–Crippen MR) is 96.2 cm³/mol. The Kier molecular flexibility index (Phi) is 4.93. The minimum Gasteiger partial charge on any atom is -0.326 e. The number of benzene rings is 2. The lowest BCUT2D eigenvalue weighted by atomic mass is 10.2. The zero-order valence-corrected chi connectivity index (χ0v) is 14.2. The molecular weight excluding hydrogens is 328 g/mol. The third kappa shape index (κ3) is 3.89. The van der Waals surface area contributed by atoms with E-state index in [4.69, 9.17) is 0 Å². The summed E-state index contributed by atoms with van der Waals surface area (Å²) in [4.78, 5) is 26.4. The largest absolute Gasteiger partial charge is 0.326 e. The fraction of sp³-hybridized carbons (Fsp3) is 0.176. The van der Waals surface area contributed by atoms with Crippen molar-refractivity contribution in [1.82, 2.24) is 0 Å². The van der Waals surface area contributed by atoms with E-state index in [1.54, 1.807) is 11.8 Å². The molecule has 0 aromatic heterocycles. The second kappa shape index (κ2) is 7.10. The Hall–Kier alpha value is -1.92. The van der Waals surface area contributed by atoms with E-state index < -0.39 is 5.25 Å². The number of nitrogens with one attached hydrogen (secondary N) is 2. The summed E-state index contributed by atoms with van der Waals surface area (Å²) in [6.07, 6.45) is 2.13. The van der Waals surface area contributed by atoms with E-state index in [2.05, 4.69) is 10.6 Å². The van der Waals surface area contributed by atoms with Crippen LogP contribution in [0.2, 0.25) is 0 Å². The fourth-order valence-electron chi connectivity index (χ4n) is 2.31. The summed E-state index contributed by atoms with van der Waals surface area (Å²) in [6.45, 7) is 0. The van der Waals surface area contributed by atoms with Crippen LogP contribution in [0.1, 0.15) is 6.42 Å². The Bertz CT molecular complexity index is 749. The van der Waals surface area contributed by atoms with Gasteiger partial charge in [-0.3, -0.25) is 9.59 Å². The Morgan fingerprint density at radius 1 is 1.26 bits per heavy atom. The molecule has 1 aliphatic rings. The molecule has 0 unspecified atom stereocenters. The minimum absolute atomic E-state index is 0.123. The standard InChI is InChI=1S/C17H16N2O2S2/c1-22-12-6-4-5-11(9-12)18-16(20)10-15-17(21)19-13-7-2-3-8-14(13)23-15/h2-9,15H,10H2,1H3,(H,18,20)(H,19,21)/t15-/m1/s1. The summed E-state index contributed by atoms with van der Waals surface area (Å²) < 4.78 is 0. The highest BCUT2D eigenvalue weighted by molar-refractivity contribution is 8.01. The first kappa shape index (κ1) is 16.0. The molecule has 1 aliphatic heterocycles. The molecule has 0 spiro atoms. The third-order valence-electron chi connectivity index (χ3n) is 3.43. The van der Waals surface area contributed by atoms with Crippen LogP contribution in [0.4, 0.5) is 11.4 Å². The first-order valence-electron chi connectivity index (χ1n) is 7.16. The van der Waals surface area contributed by atoms with Gasteiger partial charge in [0.1, 0.15) is 0 Å². The average molecular weight is 344 g/mol. The van der Waals surface area contributed by atoms with Crippen molar-refractivity contribution in [2.45, 2.75) is 21.5 Å². The second-order valence-electron chi connectivity index (χ2n) is 5.08. The Balaban J connectivity index is 1.65. The van der Waals surface area contributed by atoms with Gasteiger partial charge in [0.2, 0.25) is 11.8 Å². The third-order valence-corrected chi connectivity index (χ3v) is 5.43. The van der Waals surface area contributed by atoms with Crippen molar-refractivity contribution < 1.29 is 9.59 Å². The molecule has 3 rings (SSSR count). The molecule has 6 heteroatoms. The Morgan fingerprint density at radius 2 is 2.09 bits per heavy atom. The molecule has 0 aliphatic carbocycles. The van der Waals surface area contributed by atoms with Gasteiger partial charge in [0.15, 0.2) is 0 Å². The maximum Gasteiger partial charge on any atom is 0.238 e. The molecule has 118 valence electrons. The number of carbonyl (C=O) groups excluding carboxylic acids is 2. The van der Waals surface area contributed by atoms with Crippen LogP contribution in [0.25, 0.3) is 0 Å². The quantitative estimate of drug-likeness (QED) is 0.827. The molecule has 2 aromatic rings. The van der Waals surface area contributed by atoms with Gasteiger partial charge in [-0.15, -0.1) is 23.5 Å². The number of thioether (sulfide) groups is 2. The van der Waals surface area contributed by atoms with E-state index in [1.807, 2.05) is 54.8 Å². The van der Waals surface area contributed by atoms with E-state index in [0.717, 1.165) is 21.2 Å². The SMILES string of the molecule is CSc1cccc(NC(=O)C[C@H]2Sc3ccccc3NC2=O)c1. The van der Waals surface area contributed by atoms with E-state index in [1.165, 1.54) is 11.8 Å². The summed E-state index contributed by atoms with van der Waals surface area (Å²) in [5.41, 5.74) is 1.57. The van der Waals surface area contributed by atoms with Crippen LogP contribution in [0.3, 0.4) is 0 Å². The molecule has 0 saturated heterocycles. The van der Waals surface area contributed by atoms with Gasteiger partial charge in [-0.05, 0) is 36.6 Å². The molecule has 0 fully saturated rings. The Morgan fingerprint density at radius 3 is 2.91 bits per heavy atom. The molecule has 0 bridgehead atoms. The molecule has 2 aromatic carbocycles.